The number of methoxy groups -OCH3 is 1. The van der Waals surface area contributed by atoms with E-state index in [9.17, 15) is 24.0 Å². The lowest BCUT2D eigenvalue weighted by atomic mass is 10.1. The third kappa shape index (κ3) is 6.17. The highest BCUT2D eigenvalue weighted by atomic mass is 31.3. The molecule has 2 fully saturated rings. The zero-order valence-electron chi connectivity index (χ0n) is 19.8. The Bertz CT molecular complexity index is 1210. The second-order valence-corrected chi connectivity index (χ2v) is 11.5. The lowest BCUT2D eigenvalue weighted by molar-refractivity contribution is -0.199. The van der Waals surface area contributed by atoms with Crippen molar-refractivity contribution in [1.82, 2.24) is 19.5 Å². The molecule has 2 aliphatic rings. The number of nitrogens with zero attached hydrogens (tertiary/aromatic N) is 4. The van der Waals surface area contributed by atoms with E-state index in [4.69, 9.17) is 29.6 Å². The summed E-state index contributed by atoms with van der Waals surface area (Å²) in [5.41, 5.74) is 6.52. The van der Waals surface area contributed by atoms with Gasteiger partial charge < -0.3 is 44.7 Å². The van der Waals surface area contributed by atoms with E-state index in [1.807, 2.05) is 0 Å². The SMILES string of the molecule is COC(OP(=O)(O)OP(=O)(O)OCC1OC(n2cnc3c(N)ncnc32)C2OC(C)(C)OC12)[C@H](O)CO. The predicted octanol–water partition coefficient (Wildman–Crippen LogP) is -0.598. The molecule has 0 aromatic carbocycles. The van der Waals surface area contributed by atoms with Crippen LogP contribution in [0.2, 0.25) is 0 Å². The van der Waals surface area contributed by atoms with Gasteiger partial charge in [-0.3, -0.25) is 13.6 Å². The molecule has 8 atom stereocenters. The molecule has 0 saturated carbocycles. The number of aromatic nitrogens is 4. The monoisotopic (exact) mass is 571 g/mol. The maximum Gasteiger partial charge on any atom is 0.483 e. The zero-order valence-corrected chi connectivity index (χ0v) is 21.5. The summed E-state index contributed by atoms with van der Waals surface area (Å²) in [5.74, 6) is -0.894. The lowest BCUT2D eigenvalue weighted by Crippen LogP contribution is -2.33. The fraction of sp³-hybridized carbons (Fsp3) is 0.706. The Hall–Kier alpha value is -1.63. The smallest absolute Gasteiger partial charge is 0.393 e. The van der Waals surface area contributed by atoms with E-state index >= 15 is 0 Å². The van der Waals surface area contributed by atoms with Crippen LogP contribution in [0.3, 0.4) is 0 Å². The van der Waals surface area contributed by atoms with Crippen LogP contribution in [0.25, 0.3) is 11.2 Å². The second kappa shape index (κ2) is 10.5. The third-order valence-corrected chi connectivity index (χ3v) is 7.97. The molecular formula is C17H27N5O13P2. The summed E-state index contributed by atoms with van der Waals surface area (Å²) in [6.45, 7) is 1.80. The van der Waals surface area contributed by atoms with Crippen LogP contribution in [0.1, 0.15) is 20.1 Å². The minimum absolute atomic E-state index is 0.151. The van der Waals surface area contributed by atoms with Crippen molar-refractivity contribution in [1.29, 1.82) is 0 Å². The number of aliphatic hydroxyl groups excluding tert-OH is 2. The highest BCUT2D eigenvalue weighted by molar-refractivity contribution is 7.61. The van der Waals surface area contributed by atoms with Crippen LogP contribution in [-0.2, 0) is 41.4 Å². The number of nitrogens with two attached hydrogens (primary N) is 1. The molecular weight excluding hydrogens is 544 g/mol. The maximum atomic E-state index is 12.4. The van der Waals surface area contributed by atoms with E-state index in [0.717, 1.165) is 7.11 Å². The molecule has 208 valence electrons. The molecule has 20 heteroatoms. The zero-order chi connectivity index (χ0) is 27.2. The lowest BCUT2D eigenvalue weighted by Gasteiger charge is -2.25. The van der Waals surface area contributed by atoms with Gasteiger partial charge in [0.1, 0.15) is 36.3 Å². The molecule has 7 unspecified atom stereocenters. The van der Waals surface area contributed by atoms with Crippen LogP contribution in [0, 0.1) is 0 Å². The number of imidazole rings is 1. The van der Waals surface area contributed by atoms with Crippen molar-refractivity contribution in [2.45, 2.75) is 56.6 Å². The second-order valence-electron chi connectivity index (χ2n) is 8.49. The first-order valence-corrected chi connectivity index (χ1v) is 13.7. The molecule has 2 aromatic heterocycles. The number of phosphoric ester groups is 2. The maximum absolute atomic E-state index is 12.4. The van der Waals surface area contributed by atoms with Crippen molar-refractivity contribution < 1.29 is 61.4 Å². The quantitative estimate of drug-likeness (QED) is 0.167. The van der Waals surface area contributed by atoms with Gasteiger partial charge in [-0.05, 0) is 13.8 Å². The largest absolute Gasteiger partial charge is 0.483 e. The summed E-state index contributed by atoms with van der Waals surface area (Å²) in [6, 6.07) is 0. The molecule has 0 aliphatic carbocycles. The Kier molecular flexibility index (Phi) is 8.05. The van der Waals surface area contributed by atoms with E-state index in [1.165, 1.54) is 17.2 Å². The Morgan fingerprint density at radius 1 is 1.19 bits per heavy atom. The Labute approximate surface area is 209 Å². The van der Waals surface area contributed by atoms with Gasteiger partial charge in [-0.2, -0.15) is 4.31 Å². The molecule has 0 amide bonds. The van der Waals surface area contributed by atoms with E-state index in [-0.39, 0.29) is 5.82 Å². The first-order chi connectivity index (χ1) is 17.3. The van der Waals surface area contributed by atoms with Crippen molar-refractivity contribution >= 4 is 32.6 Å². The highest BCUT2D eigenvalue weighted by Gasteiger charge is 2.56. The topological polar surface area (TPSA) is 249 Å². The summed E-state index contributed by atoms with van der Waals surface area (Å²) in [5, 5.41) is 18.5. The Morgan fingerprint density at radius 2 is 1.89 bits per heavy atom. The summed E-state index contributed by atoms with van der Waals surface area (Å²) in [6.07, 6.45) is -4.32. The average molecular weight is 571 g/mol. The first-order valence-electron chi connectivity index (χ1n) is 10.7. The molecule has 6 N–H and O–H groups in total. The molecule has 4 rings (SSSR count). The molecule has 2 aromatic rings. The van der Waals surface area contributed by atoms with E-state index in [0.29, 0.717) is 11.2 Å². The van der Waals surface area contributed by atoms with E-state index < -0.39 is 71.6 Å². The number of nitrogen functional groups attached to an aromatic ring is 1. The third-order valence-electron chi connectivity index (χ3n) is 5.37. The standard InChI is InChI=1S/C17H27N5O13P2/c1-17(2)32-11-9(5-30-36(25,26)35-37(27,28)34-16(29-3)8(24)4-23)31-15(12(11)33-17)22-7-21-10-13(18)19-6-20-14(10)22/h6-9,11-12,15-16,23-24H,4-5H2,1-3H3,(H,25,26)(H,27,28)(H2,18,19,20)/t8-,9?,11?,12?,15?,16?/m1/s1. The Balaban J connectivity index is 1.47. The van der Waals surface area contributed by atoms with Crippen LogP contribution >= 0.6 is 15.6 Å². The molecule has 2 saturated heterocycles. The van der Waals surface area contributed by atoms with Crippen LogP contribution < -0.4 is 5.73 Å². The summed E-state index contributed by atoms with van der Waals surface area (Å²) in [7, 11) is -9.55. The van der Waals surface area contributed by atoms with Gasteiger partial charge in [0.15, 0.2) is 29.8 Å². The van der Waals surface area contributed by atoms with Crippen molar-refractivity contribution in [3.05, 3.63) is 12.7 Å². The minimum Gasteiger partial charge on any atom is -0.393 e. The highest BCUT2D eigenvalue weighted by Crippen LogP contribution is 2.61. The van der Waals surface area contributed by atoms with Gasteiger partial charge in [-0.25, -0.2) is 24.1 Å². The van der Waals surface area contributed by atoms with Crippen molar-refractivity contribution in [2.24, 2.45) is 0 Å². The number of fused-ring (bicyclic) bond motifs is 2. The number of hydrogen-bond donors (Lipinski definition) is 5. The van der Waals surface area contributed by atoms with E-state index in [2.05, 4.69) is 28.5 Å². The number of hydrogen-bond acceptors (Lipinski definition) is 15. The number of aliphatic hydroxyl groups is 2. The fourth-order valence-electron chi connectivity index (χ4n) is 3.90. The number of phosphoric acid groups is 2. The molecule has 37 heavy (non-hydrogen) atoms. The van der Waals surface area contributed by atoms with Gasteiger partial charge in [0.2, 0.25) is 0 Å². The van der Waals surface area contributed by atoms with Gasteiger partial charge in [-0.1, -0.05) is 0 Å². The Morgan fingerprint density at radius 3 is 2.57 bits per heavy atom. The van der Waals surface area contributed by atoms with Crippen LogP contribution in [0.15, 0.2) is 12.7 Å². The molecule has 0 bridgehead atoms. The van der Waals surface area contributed by atoms with Gasteiger partial charge in [-0.15, -0.1) is 0 Å². The van der Waals surface area contributed by atoms with Crippen LogP contribution in [0.4, 0.5) is 5.82 Å². The molecule has 0 radical (unpaired) electrons. The predicted molar refractivity (Wildman–Crippen MR) is 119 cm³/mol. The fourth-order valence-corrected chi connectivity index (χ4v) is 6.11. The van der Waals surface area contributed by atoms with Crippen molar-refractivity contribution in [3.8, 4) is 0 Å². The van der Waals surface area contributed by atoms with Crippen molar-refractivity contribution in [2.75, 3.05) is 26.1 Å². The molecule has 4 heterocycles. The number of rotatable bonds is 11. The molecule has 2 aliphatic heterocycles. The molecule has 18 nitrogen and oxygen atoms in total. The number of anilines is 1. The number of ether oxygens (including phenoxy) is 4. The summed E-state index contributed by atoms with van der Waals surface area (Å²) < 4.78 is 62.2. The average Bonchev–Trinajstić information content (AvgIpc) is 3.46. The normalized spacial score (nSPS) is 30.0. The molecule has 0 spiro atoms. The first kappa shape index (κ1) is 28.4. The van der Waals surface area contributed by atoms with Crippen LogP contribution in [0.5, 0.6) is 0 Å². The van der Waals surface area contributed by atoms with Gasteiger partial charge >= 0.3 is 15.6 Å². The van der Waals surface area contributed by atoms with Gasteiger partial charge in [0.25, 0.3) is 0 Å². The minimum atomic E-state index is -5.31. The van der Waals surface area contributed by atoms with E-state index in [1.54, 1.807) is 13.8 Å². The van der Waals surface area contributed by atoms with Gasteiger partial charge in [0.05, 0.1) is 19.5 Å². The van der Waals surface area contributed by atoms with Gasteiger partial charge in [0, 0.05) is 7.11 Å². The van der Waals surface area contributed by atoms with Crippen LogP contribution in [-0.4, -0.2) is 96.3 Å². The summed E-state index contributed by atoms with van der Waals surface area (Å²) >= 11 is 0. The summed E-state index contributed by atoms with van der Waals surface area (Å²) in [4.78, 5) is 32.1. The van der Waals surface area contributed by atoms with Crippen molar-refractivity contribution in [3.63, 3.8) is 0 Å².